The van der Waals surface area contributed by atoms with Gasteiger partial charge in [0.2, 0.25) is 0 Å². The van der Waals surface area contributed by atoms with Crippen molar-refractivity contribution in [3.8, 4) is 28.7 Å². The number of hydrogen-bond acceptors (Lipinski definition) is 5. The second-order valence-corrected chi connectivity index (χ2v) is 5.87. The molecule has 0 fully saturated rings. The molecule has 0 saturated heterocycles. The fourth-order valence-corrected chi connectivity index (χ4v) is 2.55. The van der Waals surface area contributed by atoms with Gasteiger partial charge in [0.25, 0.3) is 5.88 Å². The molecule has 142 valence electrons. The molecule has 0 aliphatic carbocycles. The quantitative estimate of drug-likeness (QED) is 0.656. The fourth-order valence-electron chi connectivity index (χ4n) is 2.55. The maximum absolute atomic E-state index is 12.5. The number of alkyl halides is 3. The van der Waals surface area contributed by atoms with Crippen molar-refractivity contribution < 1.29 is 32.3 Å². The van der Waals surface area contributed by atoms with E-state index in [4.69, 9.17) is 9.26 Å². The lowest BCUT2D eigenvalue weighted by Gasteiger charge is -2.18. The van der Waals surface area contributed by atoms with Gasteiger partial charge in [-0.15, -0.1) is 13.2 Å². The highest BCUT2D eigenvalue weighted by Gasteiger charge is 2.32. The number of aromatic nitrogens is 1. The van der Waals surface area contributed by atoms with Gasteiger partial charge < -0.3 is 19.1 Å². The van der Waals surface area contributed by atoms with Gasteiger partial charge in [-0.2, -0.15) is 0 Å². The molecular formula is C19H16F3NO4. The van der Waals surface area contributed by atoms with Crippen molar-refractivity contribution in [2.45, 2.75) is 25.8 Å². The average Bonchev–Trinajstić information content (AvgIpc) is 3.02. The third-order valence-corrected chi connectivity index (χ3v) is 3.66. The van der Waals surface area contributed by atoms with Crippen LogP contribution in [0.3, 0.4) is 0 Å². The molecule has 0 aliphatic heterocycles. The van der Waals surface area contributed by atoms with Crippen LogP contribution in [0.4, 0.5) is 13.2 Å². The van der Waals surface area contributed by atoms with E-state index in [-0.39, 0.29) is 23.5 Å². The molecule has 0 amide bonds. The molecule has 1 atom stereocenters. The number of nitrogens with zero attached hydrogens (tertiary/aromatic N) is 1. The van der Waals surface area contributed by atoms with E-state index < -0.39 is 6.36 Å². The van der Waals surface area contributed by atoms with E-state index in [1.807, 2.05) is 12.1 Å². The summed E-state index contributed by atoms with van der Waals surface area (Å²) in [6, 6.07) is 14.3. The van der Waals surface area contributed by atoms with E-state index in [0.29, 0.717) is 12.2 Å². The van der Waals surface area contributed by atoms with E-state index in [1.54, 1.807) is 25.1 Å². The van der Waals surface area contributed by atoms with Crippen LogP contribution in [0.25, 0.3) is 11.3 Å². The van der Waals surface area contributed by atoms with Crippen LogP contribution in [0, 0.1) is 0 Å². The van der Waals surface area contributed by atoms with E-state index >= 15 is 0 Å². The number of hydrogen-bond donors (Lipinski definition) is 1. The van der Waals surface area contributed by atoms with Gasteiger partial charge in [0.1, 0.15) is 6.10 Å². The number of benzene rings is 2. The zero-order chi connectivity index (χ0) is 19.4. The van der Waals surface area contributed by atoms with Crippen LogP contribution in [0.5, 0.6) is 17.4 Å². The molecule has 1 N–H and O–H groups in total. The molecule has 3 rings (SSSR count). The lowest BCUT2D eigenvalue weighted by atomic mass is 10.1. The van der Waals surface area contributed by atoms with Crippen molar-refractivity contribution in [2.24, 2.45) is 0 Å². The Balaban J connectivity index is 1.65. The van der Waals surface area contributed by atoms with Crippen molar-refractivity contribution >= 4 is 0 Å². The van der Waals surface area contributed by atoms with E-state index in [2.05, 4.69) is 9.89 Å². The molecule has 1 aromatic heterocycles. The van der Waals surface area contributed by atoms with Gasteiger partial charge in [0.05, 0.1) is 0 Å². The van der Waals surface area contributed by atoms with Gasteiger partial charge in [0, 0.05) is 18.1 Å². The van der Waals surface area contributed by atoms with Crippen molar-refractivity contribution in [1.82, 2.24) is 5.16 Å². The topological polar surface area (TPSA) is 64.7 Å². The third kappa shape index (κ3) is 5.16. The average molecular weight is 379 g/mol. The lowest BCUT2D eigenvalue weighted by molar-refractivity contribution is -0.275. The standard InChI is InChI=1S/C19H16F3NO4/c1-12(25-15-4-2-3-5-16(15)26-19(20,21)22)10-13-6-8-14(9-7-13)17-11-18(24)23-27-17/h2-9,11-12H,10H2,1H3,(H,23,24). The van der Waals surface area contributed by atoms with Crippen LogP contribution in [0.15, 0.2) is 59.1 Å². The van der Waals surface area contributed by atoms with Gasteiger partial charge in [-0.3, -0.25) is 0 Å². The number of aromatic hydroxyl groups is 1. The predicted octanol–water partition coefficient (Wildman–Crippen LogP) is 4.96. The minimum atomic E-state index is -4.78. The van der Waals surface area contributed by atoms with Crippen LogP contribution in [-0.4, -0.2) is 22.7 Å². The number of rotatable bonds is 6. The molecule has 0 saturated carbocycles. The molecule has 0 bridgehead atoms. The first kappa shape index (κ1) is 18.6. The molecule has 0 spiro atoms. The zero-order valence-corrected chi connectivity index (χ0v) is 14.2. The van der Waals surface area contributed by atoms with Gasteiger partial charge in [-0.25, -0.2) is 0 Å². The summed E-state index contributed by atoms with van der Waals surface area (Å²) in [6.07, 6.45) is -4.70. The maximum atomic E-state index is 12.5. The Morgan fingerprint density at radius 3 is 2.33 bits per heavy atom. The number of halogens is 3. The second-order valence-electron chi connectivity index (χ2n) is 5.87. The highest BCUT2D eigenvalue weighted by Crippen LogP contribution is 2.32. The van der Waals surface area contributed by atoms with E-state index in [1.165, 1.54) is 24.3 Å². The van der Waals surface area contributed by atoms with E-state index in [0.717, 1.165) is 11.1 Å². The molecule has 27 heavy (non-hydrogen) atoms. The lowest BCUT2D eigenvalue weighted by Crippen LogP contribution is -2.20. The van der Waals surface area contributed by atoms with Crippen molar-refractivity contribution in [2.75, 3.05) is 0 Å². The molecule has 3 aromatic rings. The Hall–Kier alpha value is -3.16. The molecule has 8 heteroatoms. The van der Waals surface area contributed by atoms with Crippen molar-refractivity contribution in [3.63, 3.8) is 0 Å². The Kier molecular flexibility index (Phi) is 5.25. The first-order chi connectivity index (χ1) is 12.8. The Morgan fingerprint density at radius 1 is 1.07 bits per heavy atom. The number of para-hydroxylation sites is 2. The highest BCUT2D eigenvalue weighted by atomic mass is 19.4. The highest BCUT2D eigenvalue weighted by molar-refractivity contribution is 5.58. The summed E-state index contributed by atoms with van der Waals surface area (Å²) in [5.74, 6) is -0.120. The van der Waals surface area contributed by atoms with Gasteiger partial charge in [0.15, 0.2) is 17.3 Å². The minimum Gasteiger partial charge on any atom is -0.491 e. The summed E-state index contributed by atoms with van der Waals surface area (Å²) >= 11 is 0. The SMILES string of the molecule is CC(Cc1ccc(-c2cc(O)no2)cc1)Oc1ccccc1OC(F)(F)F. The first-order valence-electron chi connectivity index (χ1n) is 8.06. The number of ether oxygens (including phenoxy) is 2. The molecule has 0 aliphatic rings. The third-order valence-electron chi connectivity index (χ3n) is 3.66. The molecular weight excluding hydrogens is 363 g/mol. The summed E-state index contributed by atoms with van der Waals surface area (Å²) in [7, 11) is 0. The molecule has 1 unspecified atom stereocenters. The first-order valence-corrected chi connectivity index (χ1v) is 8.06. The predicted molar refractivity (Wildman–Crippen MR) is 90.5 cm³/mol. The van der Waals surface area contributed by atoms with Gasteiger partial charge in [-0.1, -0.05) is 36.4 Å². The summed E-state index contributed by atoms with van der Waals surface area (Å²) < 4.78 is 52.0. The Morgan fingerprint density at radius 2 is 1.74 bits per heavy atom. The van der Waals surface area contributed by atoms with Crippen molar-refractivity contribution in [3.05, 3.63) is 60.2 Å². The molecule has 5 nitrogen and oxygen atoms in total. The Bertz CT molecular complexity index is 890. The van der Waals surface area contributed by atoms with Gasteiger partial charge >= 0.3 is 6.36 Å². The maximum Gasteiger partial charge on any atom is 0.573 e. The summed E-state index contributed by atoms with van der Waals surface area (Å²) in [4.78, 5) is 0. The second kappa shape index (κ2) is 7.61. The normalized spacial score (nSPS) is 12.6. The van der Waals surface area contributed by atoms with Gasteiger partial charge in [-0.05, 0) is 29.8 Å². The molecule has 1 heterocycles. The van der Waals surface area contributed by atoms with Crippen LogP contribution >= 0.6 is 0 Å². The fraction of sp³-hybridized carbons (Fsp3) is 0.211. The van der Waals surface area contributed by atoms with E-state index in [9.17, 15) is 18.3 Å². The summed E-state index contributed by atoms with van der Waals surface area (Å²) in [6.45, 7) is 1.76. The smallest absolute Gasteiger partial charge is 0.491 e. The minimum absolute atomic E-state index is 0.0241. The van der Waals surface area contributed by atoms with Crippen LogP contribution in [-0.2, 0) is 6.42 Å². The van der Waals surface area contributed by atoms with Crippen LogP contribution < -0.4 is 9.47 Å². The Labute approximate surface area is 152 Å². The van der Waals surface area contributed by atoms with Crippen LogP contribution in [0.1, 0.15) is 12.5 Å². The largest absolute Gasteiger partial charge is 0.573 e. The van der Waals surface area contributed by atoms with Crippen molar-refractivity contribution in [1.29, 1.82) is 0 Å². The summed E-state index contributed by atoms with van der Waals surface area (Å²) in [5.41, 5.74) is 1.66. The molecule has 2 aromatic carbocycles. The van der Waals surface area contributed by atoms with Crippen LogP contribution in [0.2, 0.25) is 0 Å². The zero-order valence-electron chi connectivity index (χ0n) is 14.2. The molecule has 0 radical (unpaired) electrons. The monoisotopic (exact) mass is 379 g/mol. The summed E-state index contributed by atoms with van der Waals surface area (Å²) in [5, 5.41) is 12.6.